The van der Waals surface area contributed by atoms with E-state index in [1.54, 1.807) is 0 Å². The zero-order valence-electron chi connectivity index (χ0n) is 11.6. The van der Waals surface area contributed by atoms with Gasteiger partial charge in [-0.25, -0.2) is 0 Å². The number of benzene rings is 1. The minimum absolute atomic E-state index is 0.913. The summed E-state index contributed by atoms with van der Waals surface area (Å²) in [5.74, 6) is 0. The van der Waals surface area contributed by atoms with Gasteiger partial charge in [-0.2, -0.15) is 0 Å². The van der Waals surface area contributed by atoms with Crippen molar-refractivity contribution in [2.75, 3.05) is 13.1 Å². The second kappa shape index (κ2) is 4.42. The van der Waals surface area contributed by atoms with Crippen molar-refractivity contribution in [2.45, 2.75) is 20.3 Å². The monoisotopic (exact) mass is 284 g/mol. The van der Waals surface area contributed by atoms with Crippen LogP contribution in [-0.2, 0) is 0 Å². The Hall–Kier alpha value is -1.68. The van der Waals surface area contributed by atoms with Crippen LogP contribution in [0.2, 0.25) is 0 Å². The summed E-state index contributed by atoms with van der Waals surface area (Å²) in [6.45, 7) is 6.23. The van der Waals surface area contributed by atoms with Gasteiger partial charge in [-0.1, -0.05) is 18.7 Å². The molecule has 1 aromatic heterocycles. The molecule has 4 rings (SSSR count). The average Bonchev–Trinajstić information content (AvgIpc) is 3.12. The van der Waals surface area contributed by atoms with Gasteiger partial charge >= 0.3 is 0 Å². The molecule has 20 heavy (non-hydrogen) atoms. The number of amidine groups is 1. The lowest BCUT2D eigenvalue weighted by Gasteiger charge is -2.17. The summed E-state index contributed by atoms with van der Waals surface area (Å²) >= 11 is 1.83. The van der Waals surface area contributed by atoms with Crippen molar-refractivity contribution < 1.29 is 4.42 Å². The molecule has 0 radical (unpaired) electrons. The van der Waals surface area contributed by atoms with Crippen LogP contribution in [0, 0.1) is 6.92 Å². The van der Waals surface area contributed by atoms with Crippen molar-refractivity contribution in [1.29, 1.82) is 0 Å². The lowest BCUT2D eigenvalue weighted by atomic mass is 10.1. The van der Waals surface area contributed by atoms with Crippen molar-refractivity contribution in [1.82, 2.24) is 4.90 Å². The van der Waals surface area contributed by atoms with Gasteiger partial charge in [-0.3, -0.25) is 4.99 Å². The molecule has 0 saturated heterocycles. The molecule has 0 aliphatic carbocycles. The van der Waals surface area contributed by atoms with E-state index in [-0.39, 0.29) is 0 Å². The lowest BCUT2D eigenvalue weighted by Crippen LogP contribution is -2.19. The van der Waals surface area contributed by atoms with E-state index in [1.165, 1.54) is 32.3 Å². The van der Waals surface area contributed by atoms with Crippen molar-refractivity contribution in [2.24, 2.45) is 4.99 Å². The van der Waals surface area contributed by atoms with Gasteiger partial charge in [0.1, 0.15) is 5.58 Å². The van der Waals surface area contributed by atoms with E-state index in [0.717, 1.165) is 25.1 Å². The van der Waals surface area contributed by atoms with Crippen LogP contribution in [0.5, 0.6) is 0 Å². The van der Waals surface area contributed by atoms with Crippen LogP contribution in [0.25, 0.3) is 16.7 Å². The van der Waals surface area contributed by atoms with Crippen LogP contribution in [-0.4, -0.2) is 23.2 Å². The molecule has 2 aromatic rings. The third kappa shape index (κ3) is 1.64. The molecule has 1 aromatic carbocycles. The van der Waals surface area contributed by atoms with E-state index in [4.69, 9.17) is 4.42 Å². The first-order chi connectivity index (χ1) is 9.78. The summed E-state index contributed by atoms with van der Waals surface area (Å²) in [5, 5.41) is 2.38. The molecule has 102 valence electrons. The molecule has 3 heterocycles. The third-order valence-corrected chi connectivity index (χ3v) is 5.17. The number of rotatable bonds is 2. The molecular formula is C16H16N2OS. The minimum Gasteiger partial charge on any atom is -0.464 e. The van der Waals surface area contributed by atoms with Crippen molar-refractivity contribution in [3.05, 3.63) is 40.5 Å². The van der Waals surface area contributed by atoms with Gasteiger partial charge in [0.25, 0.3) is 0 Å². The van der Waals surface area contributed by atoms with Crippen LogP contribution in [0.1, 0.15) is 24.5 Å². The number of aliphatic imine (C=N–C) groups is 1. The van der Waals surface area contributed by atoms with Gasteiger partial charge in [0.15, 0.2) is 5.17 Å². The summed E-state index contributed by atoms with van der Waals surface area (Å²) in [7, 11) is 0. The number of furan rings is 1. The van der Waals surface area contributed by atoms with E-state index in [2.05, 4.69) is 41.9 Å². The fourth-order valence-corrected chi connectivity index (χ4v) is 4.03. The Bertz CT molecular complexity index is 757. The highest BCUT2D eigenvalue weighted by Gasteiger charge is 2.32. The molecule has 0 saturated carbocycles. The van der Waals surface area contributed by atoms with Crippen LogP contribution >= 0.6 is 11.8 Å². The molecule has 0 atom stereocenters. The fraction of sp³-hybridized carbons (Fsp3) is 0.312. The molecule has 0 N–H and O–H groups in total. The standard InChI is InChI=1S/C16H16N2OS/c1-3-14-15(18-7-6-17-16(18)20-14)11-4-5-13-12(8-11)10(2)9-19-13/h4-5,8-9H,3,6-7H2,1-2H3. The van der Waals surface area contributed by atoms with Crippen LogP contribution in [0.4, 0.5) is 0 Å². The van der Waals surface area contributed by atoms with Gasteiger partial charge in [0.2, 0.25) is 0 Å². The second-order valence-electron chi connectivity index (χ2n) is 5.17. The molecule has 0 unspecified atom stereocenters. The molecule has 2 aliphatic rings. The number of aryl methyl sites for hydroxylation is 1. The molecule has 0 spiro atoms. The Morgan fingerprint density at radius 3 is 3.15 bits per heavy atom. The third-order valence-electron chi connectivity index (χ3n) is 3.91. The van der Waals surface area contributed by atoms with E-state index >= 15 is 0 Å². The van der Waals surface area contributed by atoms with Gasteiger partial charge in [-0.15, -0.1) is 0 Å². The zero-order chi connectivity index (χ0) is 13.7. The highest BCUT2D eigenvalue weighted by atomic mass is 32.2. The predicted octanol–water partition coefficient (Wildman–Crippen LogP) is 4.24. The summed E-state index contributed by atoms with van der Waals surface area (Å²) in [6.07, 6.45) is 2.88. The zero-order valence-corrected chi connectivity index (χ0v) is 12.5. The van der Waals surface area contributed by atoms with Crippen molar-refractivity contribution in [3.8, 4) is 0 Å². The lowest BCUT2D eigenvalue weighted by molar-refractivity contribution is 0.613. The highest BCUT2D eigenvalue weighted by Crippen LogP contribution is 2.43. The Balaban J connectivity index is 1.88. The van der Waals surface area contributed by atoms with Gasteiger partial charge < -0.3 is 9.32 Å². The van der Waals surface area contributed by atoms with Gasteiger partial charge in [0.05, 0.1) is 18.5 Å². The normalized spacial score (nSPS) is 18.1. The number of hydrogen-bond donors (Lipinski definition) is 0. The maximum Gasteiger partial charge on any atom is 0.168 e. The van der Waals surface area contributed by atoms with Crippen molar-refractivity contribution in [3.63, 3.8) is 0 Å². The van der Waals surface area contributed by atoms with E-state index in [9.17, 15) is 0 Å². The second-order valence-corrected chi connectivity index (χ2v) is 6.24. The Kier molecular flexibility index (Phi) is 2.67. The first-order valence-corrected chi connectivity index (χ1v) is 7.81. The number of fused-ring (bicyclic) bond motifs is 2. The summed E-state index contributed by atoms with van der Waals surface area (Å²) in [6, 6.07) is 6.49. The van der Waals surface area contributed by atoms with Gasteiger partial charge in [0, 0.05) is 16.8 Å². The summed E-state index contributed by atoms with van der Waals surface area (Å²) in [5.41, 5.74) is 4.78. The molecule has 4 heteroatoms. The van der Waals surface area contributed by atoms with Crippen molar-refractivity contribution >= 4 is 33.6 Å². The first-order valence-electron chi connectivity index (χ1n) is 6.99. The number of thioether (sulfide) groups is 1. The van der Waals surface area contributed by atoms with E-state index in [0.29, 0.717) is 0 Å². The van der Waals surface area contributed by atoms with E-state index in [1.807, 2.05) is 18.0 Å². The highest BCUT2D eigenvalue weighted by molar-refractivity contribution is 8.17. The quantitative estimate of drug-likeness (QED) is 0.826. The van der Waals surface area contributed by atoms with Crippen LogP contribution < -0.4 is 0 Å². The summed E-state index contributed by atoms with van der Waals surface area (Å²) in [4.78, 5) is 8.37. The predicted molar refractivity (Wildman–Crippen MR) is 84.8 cm³/mol. The van der Waals surface area contributed by atoms with Crippen LogP contribution in [0.3, 0.4) is 0 Å². The fourth-order valence-electron chi connectivity index (χ4n) is 2.89. The molecule has 0 fully saturated rings. The average molecular weight is 284 g/mol. The number of hydrogen-bond acceptors (Lipinski definition) is 4. The molecular weight excluding hydrogens is 268 g/mol. The molecule has 0 amide bonds. The molecule has 0 bridgehead atoms. The first kappa shape index (κ1) is 12.1. The topological polar surface area (TPSA) is 28.7 Å². The number of nitrogens with zero attached hydrogens (tertiary/aromatic N) is 2. The maximum absolute atomic E-state index is 5.55. The number of allylic oxidation sites excluding steroid dienone is 1. The molecule has 3 nitrogen and oxygen atoms in total. The maximum atomic E-state index is 5.55. The largest absolute Gasteiger partial charge is 0.464 e. The van der Waals surface area contributed by atoms with E-state index < -0.39 is 0 Å². The SMILES string of the molecule is CCC1=C(c2ccc3occ(C)c3c2)N2CCN=C2S1. The molecule has 2 aliphatic heterocycles. The smallest absolute Gasteiger partial charge is 0.168 e. The Labute approximate surface area is 122 Å². The minimum atomic E-state index is 0.913. The van der Waals surface area contributed by atoms with Crippen LogP contribution in [0.15, 0.2) is 38.8 Å². The summed E-state index contributed by atoms with van der Waals surface area (Å²) < 4.78 is 5.55. The van der Waals surface area contributed by atoms with Gasteiger partial charge in [-0.05, 0) is 42.7 Å². The Morgan fingerprint density at radius 2 is 2.30 bits per heavy atom. The Morgan fingerprint density at radius 1 is 1.40 bits per heavy atom.